The zero-order valence-electron chi connectivity index (χ0n) is 10.2. The summed E-state index contributed by atoms with van der Waals surface area (Å²) >= 11 is 0. The Labute approximate surface area is 94.9 Å². The SMILES string of the molecule is CB(O)CCCCNCCCCB(C)O. The van der Waals surface area contributed by atoms with Crippen LogP contribution in [-0.2, 0) is 0 Å². The Kier molecular flexibility index (Phi) is 10.5. The molecule has 0 aromatic rings. The molecule has 0 saturated heterocycles. The van der Waals surface area contributed by atoms with Gasteiger partial charge >= 0.3 is 0 Å². The molecule has 3 N–H and O–H groups in total. The van der Waals surface area contributed by atoms with E-state index in [1.54, 1.807) is 0 Å². The highest BCUT2D eigenvalue weighted by Gasteiger charge is 2.01. The van der Waals surface area contributed by atoms with Crippen LogP contribution in [0.25, 0.3) is 0 Å². The van der Waals surface area contributed by atoms with E-state index >= 15 is 0 Å². The molecule has 0 aliphatic heterocycles. The van der Waals surface area contributed by atoms with Crippen molar-refractivity contribution in [3.8, 4) is 0 Å². The first-order chi connectivity index (χ1) is 7.13. The molecule has 5 heteroatoms. The molecule has 0 amide bonds. The summed E-state index contributed by atoms with van der Waals surface area (Å²) in [6, 6.07) is 0. The van der Waals surface area contributed by atoms with Crippen LogP contribution in [0, 0.1) is 0 Å². The van der Waals surface area contributed by atoms with Crippen molar-refractivity contribution in [3.05, 3.63) is 0 Å². The smallest absolute Gasteiger partial charge is 0.285 e. The average molecular weight is 213 g/mol. The summed E-state index contributed by atoms with van der Waals surface area (Å²) in [6.07, 6.45) is 6.28. The molecule has 0 aromatic heterocycles. The minimum atomic E-state index is -0.156. The normalized spacial score (nSPS) is 10.4. The van der Waals surface area contributed by atoms with Crippen molar-refractivity contribution in [2.45, 2.75) is 52.0 Å². The Bertz CT molecular complexity index is 121. The highest BCUT2D eigenvalue weighted by molar-refractivity contribution is 6.48. The zero-order valence-corrected chi connectivity index (χ0v) is 10.2. The maximum absolute atomic E-state index is 9.03. The van der Waals surface area contributed by atoms with E-state index in [0.29, 0.717) is 0 Å². The van der Waals surface area contributed by atoms with E-state index in [4.69, 9.17) is 10.0 Å². The molecule has 0 fully saturated rings. The van der Waals surface area contributed by atoms with E-state index in [0.717, 1.165) is 51.4 Å². The number of hydrogen-bond acceptors (Lipinski definition) is 3. The summed E-state index contributed by atoms with van der Waals surface area (Å²) in [5, 5.41) is 21.4. The molecule has 0 aromatic carbocycles. The topological polar surface area (TPSA) is 52.5 Å². The third kappa shape index (κ3) is 14.0. The molecule has 0 bridgehead atoms. The lowest BCUT2D eigenvalue weighted by Gasteiger charge is -2.05. The standard InChI is InChI=1S/C10H25B2NO2/c1-11(14)7-3-5-9-13-10-6-4-8-12(2)15/h13-15H,3-10H2,1-2H3. The Morgan fingerprint density at radius 2 is 1.20 bits per heavy atom. The van der Waals surface area contributed by atoms with Crippen molar-refractivity contribution in [1.82, 2.24) is 5.32 Å². The molecule has 0 radical (unpaired) electrons. The van der Waals surface area contributed by atoms with Gasteiger partial charge in [0.15, 0.2) is 0 Å². The number of rotatable bonds is 10. The highest BCUT2D eigenvalue weighted by Crippen LogP contribution is 1.99. The van der Waals surface area contributed by atoms with Gasteiger partial charge in [-0.3, -0.25) is 0 Å². The molecule has 0 unspecified atom stereocenters. The predicted octanol–water partition coefficient (Wildman–Crippen LogP) is 1.36. The summed E-state index contributed by atoms with van der Waals surface area (Å²) in [4.78, 5) is 0. The van der Waals surface area contributed by atoms with Crippen molar-refractivity contribution >= 4 is 13.8 Å². The van der Waals surface area contributed by atoms with E-state index in [1.807, 2.05) is 13.6 Å². The largest absolute Gasteiger partial charge is 0.451 e. The number of unbranched alkanes of at least 4 members (excludes halogenated alkanes) is 2. The maximum Gasteiger partial charge on any atom is 0.285 e. The van der Waals surface area contributed by atoms with Gasteiger partial charge in [-0.1, -0.05) is 26.5 Å². The lowest BCUT2D eigenvalue weighted by atomic mass is 9.67. The maximum atomic E-state index is 9.03. The van der Waals surface area contributed by atoms with Gasteiger partial charge in [-0.05, 0) is 38.6 Å². The summed E-state index contributed by atoms with van der Waals surface area (Å²) in [5.41, 5.74) is 0. The molecule has 0 heterocycles. The van der Waals surface area contributed by atoms with E-state index in [-0.39, 0.29) is 13.8 Å². The van der Waals surface area contributed by atoms with Crippen molar-refractivity contribution in [1.29, 1.82) is 0 Å². The molecule has 0 spiro atoms. The van der Waals surface area contributed by atoms with Gasteiger partial charge in [0.25, 0.3) is 13.8 Å². The summed E-state index contributed by atoms with van der Waals surface area (Å²) in [6.45, 7) is 5.45. The second kappa shape index (κ2) is 10.5. The highest BCUT2D eigenvalue weighted by atomic mass is 16.2. The Morgan fingerprint density at radius 3 is 1.53 bits per heavy atom. The average Bonchev–Trinajstić information content (AvgIpc) is 2.14. The van der Waals surface area contributed by atoms with Gasteiger partial charge in [-0.2, -0.15) is 0 Å². The van der Waals surface area contributed by atoms with E-state index in [1.165, 1.54) is 0 Å². The minimum absolute atomic E-state index is 0.156. The van der Waals surface area contributed by atoms with E-state index < -0.39 is 0 Å². The van der Waals surface area contributed by atoms with Crippen LogP contribution in [0.15, 0.2) is 0 Å². The van der Waals surface area contributed by atoms with E-state index in [2.05, 4.69) is 5.32 Å². The second-order valence-electron chi connectivity index (χ2n) is 4.44. The monoisotopic (exact) mass is 213 g/mol. The third-order valence-corrected chi connectivity index (χ3v) is 2.45. The summed E-state index contributed by atoms with van der Waals surface area (Å²) in [5.74, 6) is 0. The van der Waals surface area contributed by atoms with Gasteiger partial charge in [0.1, 0.15) is 0 Å². The molecular weight excluding hydrogens is 188 g/mol. The van der Waals surface area contributed by atoms with Crippen LogP contribution in [0.2, 0.25) is 26.3 Å². The van der Waals surface area contributed by atoms with Gasteiger partial charge in [-0.25, -0.2) is 0 Å². The molecule has 15 heavy (non-hydrogen) atoms. The fourth-order valence-corrected chi connectivity index (χ4v) is 1.50. The van der Waals surface area contributed by atoms with Crippen LogP contribution >= 0.6 is 0 Å². The van der Waals surface area contributed by atoms with Crippen LogP contribution in [0.5, 0.6) is 0 Å². The van der Waals surface area contributed by atoms with Gasteiger partial charge in [0.05, 0.1) is 0 Å². The third-order valence-electron chi connectivity index (χ3n) is 2.45. The Balaban J connectivity index is 2.93. The molecule has 0 aliphatic rings. The molecule has 3 nitrogen and oxygen atoms in total. The summed E-state index contributed by atoms with van der Waals surface area (Å²) in [7, 11) is 0. The van der Waals surface area contributed by atoms with Crippen molar-refractivity contribution < 1.29 is 10.0 Å². The van der Waals surface area contributed by atoms with Crippen molar-refractivity contribution in [2.75, 3.05) is 13.1 Å². The summed E-state index contributed by atoms with van der Waals surface area (Å²) < 4.78 is 0. The quantitative estimate of drug-likeness (QED) is 0.379. The molecule has 0 rings (SSSR count). The van der Waals surface area contributed by atoms with Crippen molar-refractivity contribution in [2.24, 2.45) is 0 Å². The Hall–Kier alpha value is 0.00987. The molecule has 0 atom stereocenters. The molecule has 0 aliphatic carbocycles. The fourth-order valence-electron chi connectivity index (χ4n) is 1.50. The van der Waals surface area contributed by atoms with Gasteiger partial charge in [0.2, 0.25) is 0 Å². The first kappa shape index (κ1) is 15.0. The van der Waals surface area contributed by atoms with Crippen LogP contribution in [0.4, 0.5) is 0 Å². The first-order valence-electron chi connectivity index (χ1n) is 6.19. The van der Waals surface area contributed by atoms with Crippen molar-refractivity contribution in [3.63, 3.8) is 0 Å². The molecule has 88 valence electrons. The molecular formula is C10H25B2NO2. The van der Waals surface area contributed by atoms with Gasteiger partial charge in [-0.15, -0.1) is 0 Å². The lowest BCUT2D eigenvalue weighted by Crippen LogP contribution is -2.17. The number of nitrogens with one attached hydrogen (secondary N) is 1. The minimum Gasteiger partial charge on any atom is -0.451 e. The van der Waals surface area contributed by atoms with Crippen LogP contribution in [0.3, 0.4) is 0 Å². The van der Waals surface area contributed by atoms with Crippen LogP contribution < -0.4 is 5.32 Å². The van der Waals surface area contributed by atoms with Crippen LogP contribution in [-0.4, -0.2) is 37.0 Å². The predicted molar refractivity (Wildman–Crippen MR) is 68.6 cm³/mol. The number of hydrogen-bond donors (Lipinski definition) is 3. The first-order valence-corrected chi connectivity index (χ1v) is 6.19. The fraction of sp³-hybridized carbons (Fsp3) is 1.00. The van der Waals surface area contributed by atoms with Gasteiger partial charge < -0.3 is 15.4 Å². The molecule has 0 saturated carbocycles. The van der Waals surface area contributed by atoms with E-state index in [9.17, 15) is 0 Å². The zero-order chi connectivity index (χ0) is 11.5. The second-order valence-corrected chi connectivity index (χ2v) is 4.44. The Morgan fingerprint density at radius 1 is 0.800 bits per heavy atom. The van der Waals surface area contributed by atoms with Crippen LogP contribution in [0.1, 0.15) is 25.7 Å². The lowest BCUT2D eigenvalue weighted by molar-refractivity contribution is 0.555. The van der Waals surface area contributed by atoms with Gasteiger partial charge in [0, 0.05) is 0 Å².